The van der Waals surface area contributed by atoms with Crippen molar-refractivity contribution in [2.75, 3.05) is 12.4 Å². The molecule has 226 valence electrons. The smallest absolute Gasteiger partial charge is 0.289 e. The number of nitrogens with zero attached hydrogens (tertiary/aromatic N) is 3. The topological polar surface area (TPSA) is 129 Å². The Kier molecular flexibility index (Phi) is 8.15. The number of anilines is 1. The Morgan fingerprint density at radius 1 is 1.09 bits per heavy atom. The van der Waals surface area contributed by atoms with E-state index in [1.54, 1.807) is 56.5 Å². The molecule has 13 heteroatoms. The van der Waals surface area contributed by atoms with Crippen molar-refractivity contribution in [1.29, 1.82) is 0 Å². The van der Waals surface area contributed by atoms with Gasteiger partial charge >= 0.3 is 0 Å². The van der Waals surface area contributed by atoms with Crippen LogP contribution in [0.4, 0.5) is 11.4 Å². The number of ether oxygens (including phenoxy) is 1. The molecule has 3 heterocycles. The SMILES string of the molecule is COc1ccc([C@H]2C(C(=O)Nc3ccccc3)=C(C)N=c3s/c(=C/c4ccc(-c5cc(Cl)c([N+](=O)[O-])cc5Cl)o4)c(=O)n32)cc1. The predicted molar refractivity (Wildman–Crippen MR) is 173 cm³/mol. The Balaban J connectivity index is 1.43. The number of carbonyl (C=O) groups excluding carboxylic acids is 1. The quantitative estimate of drug-likeness (QED) is 0.160. The van der Waals surface area contributed by atoms with Crippen molar-refractivity contribution in [2.24, 2.45) is 4.99 Å². The van der Waals surface area contributed by atoms with Crippen LogP contribution in [0, 0.1) is 10.1 Å². The van der Waals surface area contributed by atoms with Crippen molar-refractivity contribution in [3.8, 4) is 17.1 Å². The van der Waals surface area contributed by atoms with Crippen molar-refractivity contribution in [3.05, 3.63) is 141 Å². The minimum absolute atomic E-state index is 0.0858. The Labute approximate surface area is 269 Å². The molecular weight excluding hydrogens is 639 g/mol. The Morgan fingerprint density at radius 2 is 1.82 bits per heavy atom. The van der Waals surface area contributed by atoms with Gasteiger partial charge in [-0.3, -0.25) is 24.3 Å². The van der Waals surface area contributed by atoms with Crippen LogP contribution in [-0.4, -0.2) is 22.5 Å². The summed E-state index contributed by atoms with van der Waals surface area (Å²) in [4.78, 5) is 43.4. The zero-order chi connectivity index (χ0) is 31.8. The van der Waals surface area contributed by atoms with E-state index in [4.69, 9.17) is 32.4 Å². The first-order valence-electron chi connectivity index (χ1n) is 13.4. The fourth-order valence-electron chi connectivity index (χ4n) is 5.00. The summed E-state index contributed by atoms with van der Waals surface area (Å²) in [5.41, 5.74) is 1.77. The van der Waals surface area contributed by atoms with Crippen LogP contribution in [0.3, 0.4) is 0 Å². The number of hydrogen-bond acceptors (Lipinski definition) is 8. The van der Waals surface area contributed by atoms with Crippen LogP contribution in [0.1, 0.15) is 24.3 Å². The van der Waals surface area contributed by atoms with Gasteiger partial charge in [0.05, 0.1) is 38.9 Å². The lowest BCUT2D eigenvalue weighted by Crippen LogP contribution is -2.40. The van der Waals surface area contributed by atoms with Gasteiger partial charge in [0.1, 0.15) is 22.3 Å². The third-order valence-corrected chi connectivity index (χ3v) is 8.73. The van der Waals surface area contributed by atoms with Crippen LogP contribution in [0.15, 0.2) is 104 Å². The number of amides is 1. The monoisotopic (exact) mass is 660 g/mol. The molecule has 1 amide bonds. The minimum atomic E-state index is -0.772. The predicted octanol–water partition coefficient (Wildman–Crippen LogP) is 6.36. The van der Waals surface area contributed by atoms with Gasteiger partial charge in [-0.1, -0.05) is 64.9 Å². The first kappa shape index (κ1) is 30.1. The van der Waals surface area contributed by atoms with Crippen LogP contribution in [0.25, 0.3) is 17.4 Å². The highest BCUT2D eigenvalue weighted by Gasteiger charge is 2.32. The lowest BCUT2D eigenvalue weighted by atomic mass is 9.95. The second-order valence-corrected chi connectivity index (χ2v) is 11.7. The molecule has 0 saturated carbocycles. The normalized spacial score (nSPS) is 14.6. The number of thiazole rings is 1. The maximum atomic E-state index is 14.0. The zero-order valence-corrected chi connectivity index (χ0v) is 25.9. The van der Waals surface area contributed by atoms with E-state index < -0.39 is 11.0 Å². The van der Waals surface area contributed by atoms with Crippen LogP contribution in [0.5, 0.6) is 5.75 Å². The molecule has 0 fully saturated rings. The number of benzene rings is 3. The van der Waals surface area contributed by atoms with E-state index in [1.807, 2.05) is 30.3 Å². The van der Waals surface area contributed by atoms with Crippen molar-refractivity contribution < 1.29 is 18.9 Å². The minimum Gasteiger partial charge on any atom is -0.497 e. The molecule has 0 radical (unpaired) electrons. The van der Waals surface area contributed by atoms with E-state index >= 15 is 0 Å². The molecule has 45 heavy (non-hydrogen) atoms. The molecule has 0 spiro atoms. The van der Waals surface area contributed by atoms with Crippen LogP contribution >= 0.6 is 34.5 Å². The molecule has 0 unspecified atom stereocenters. The van der Waals surface area contributed by atoms with Gasteiger partial charge in [0.15, 0.2) is 4.80 Å². The molecule has 0 aliphatic carbocycles. The van der Waals surface area contributed by atoms with Crippen LogP contribution < -0.4 is 24.9 Å². The second kappa shape index (κ2) is 12.2. The van der Waals surface area contributed by atoms with Gasteiger partial charge in [0.2, 0.25) is 0 Å². The average molecular weight is 662 g/mol. The van der Waals surface area contributed by atoms with E-state index in [9.17, 15) is 19.7 Å². The number of fused-ring (bicyclic) bond motifs is 1. The number of allylic oxidation sites excluding steroid dienone is 1. The third-order valence-electron chi connectivity index (χ3n) is 7.13. The summed E-state index contributed by atoms with van der Waals surface area (Å²) >= 11 is 13.5. The lowest BCUT2D eigenvalue weighted by Gasteiger charge is -2.25. The molecule has 3 aromatic carbocycles. The van der Waals surface area contributed by atoms with Crippen LogP contribution in [0.2, 0.25) is 10.0 Å². The molecule has 1 aliphatic heterocycles. The summed E-state index contributed by atoms with van der Waals surface area (Å²) in [5, 5.41) is 14.1. The van der Waals surface area contributed by atoms with Crippen molar-refractivity contribution in [1.82, 2.24) is 4.57 Å². The number of aromatic nitrogens is 1. The van der Waals surface area contributed by atoms with Gasteiger partial charge in [0.25, 0.3) is 17.2 Å². The number of methoxy groups -OCH3 is 1. The summed E-state index contributed by atoms with van der Waals surface area (Å²) in [5.74, 6) is 0.888. The lowest BCUT2D eigenvalue weighted by molar-refractivity contribution is -0.384. The maximum absolute atomic E-state index is 14.0. The fraction of sp³-hybridized carbons (Fsp3) is 0.0938. The number of rotatable bonds is 7. The van der Waals surface area contributed by atoms with Gasteiger partial charge < -0.3 is 14.5 Å². The number of hydrogen-bond donors (Lipinski definition) is 1. The van der Waals surface area contributed by atoms with Crippen LogP contribution in [-0.2, 0) is 4.79 Å². The van der Waals surface area contributed by atoms with E-state index in [1.165, 1.54) is 10.6 Å². The van der Waals surface area contributed by atoms with Gasteiger partial charge in [-0.05, 0) is 55.0 Å². The van der Waals surface area contributed by atoms with E-state index in [0.717, 1.165) is 17.4 Å². The number of nitro benzene ring substituents is 1. The maximum Gasteiger partial charge on any atom is 0.289 e. The molecule has 0 saturated heterocycles. The highest BCUT2D eigenvalue weighted by atomic mass is 35.5. The first-order valence-corrected chi connectivity index (χ1v) is 15.0. The van der Waals surface area contributed by atoms with Gasteiger partial charge in [-0.25, -0.2) is 4.99 Å². The Morgan fingerprint density at radius 3 is 2.51 bits per heavy atom. The van der Waals surface area contributed by atoms with Gasteiger partial charge in [-0.2, -0.15) is 0 Å². The fourth-order valence-corrected chi connectivity index (χ4v) is 6.51. The van der Waals surface area contributed by atoms with E-state index in [-0.39, 0.29) is 27.2 Å². The number of carbonyl (C=O) groups is 1. The molecule has 10 nitrogen and oxygen atoms in total. The number of halogens is 2. The summed E-state index contributed by atoms with van der Waals surface area (Å²) in [7, 11) is 1.56. The first-order chi connectivity index (χ1) is 21.6. The average Bonchev–Trinajstić information content (AvgIpc) is 3.61. The molecule has 5 aromatic rings. The summed E-state index contributed by atoms with van der Waals surface area (Å²) in [6.07, 6.45) is 1.57. The van der Waals surface area contributed by atoms with Crippen molar-refractivity contribution >= 4 is 57.9 Å². The molecule has 0 bridgehead atoms. The van der Waals surface area contributed by atoms with E-state index in [2.05, 4.69) is 10.3 Å². The zero-order valence-electron chi connectivity index (χ0n) is 23.6. The number of para-hydroxylation sites is 1. The number of furan rings is 1. The molecule has 2 aromatic heterocycles. The molecule has 1 aliphatic rings. The summed E-state index contributed by atoms with van der Waals surface area (Å²) in [6, 6.07) is 21.2. The Bertz CT molecular complexity index is 2190. The summed E-state index contributed by atoms with van der Waals surface area (Å²) < 4.78 is 13.1. The highest BCUT2D eigenvalue weighted by Crippen LogP contribution is 2.37. The standard InChI is InChI=1S/C32H22Cl2N4O6S/c1-17-28(30(39)36-19-6-4-3-5-7-19)29(18-8-10-20(43-2)11-9-18)37-31(40)27(45-32(37)35-17)14-21-12-13-26(44-21)22-15-24(34)25(38(41)42)16-23(22)33/h3-16,29H,1-2H3,(H,36,39)/b27-14+/t29-/m0/s1. The highest BCUT2D eigenvalue weighted by molar-refractivity contribution is 7.07. The van der Waals surface area contributed by atoms with Crippen molar-refractivity contribution in [2.45, 2.75) is 13.0 Å². The molecule has 1 atom stereocenters. The van der Waals surface area contributed by atoms with Gasteiger partial charge in [0, 0.05) is 23.4 Å². The molecule has 1 N–H and O–H groups in total. The summed E-state index contributed by atoms with van der Waals surface area (Å²) in [6.45, 7) is 1.74. The Hall–Kier alpha value is -4.97. The van der Waals surface area contributed by atoms with Gasteiger partial charge in [-0.15, -0.1) is 0 Å². The largest absolute Gasteiger partial charge is 0.497 e. The van der Waals surface area contributed by atoms with Crippen molar-refractivity contribution in [3.63, 3.8) is 0 Å². The second-order valence-electron chi connectivity index (χ2n) is 9.92. The molecular formula is C32H22Cl2N4O6S. The molecule has 6 rings (SSSR count). The van der Waals surface area contributed by atoms with E-state index in [0.29, 0.717) is 54.7 Å². The third kappa shape index (κ3) is 5.80. The number of nitro groups is 1. The number of nitrogens with one attached hydrogen (secondary N) is 1.